The summed E-state index contributed by atoms with van der Waals surface area (Å²) in [5.41, 5.74) is 1.48. The highest BCUT2D eigenvalue weighted by molar-refractivity contribution is 9.09. The monoisotopic (exact) mass is 287 g/mol. The molecule has 0 N–H and O–H groups in total. The number of alkyl halides is 1. The molecule has 0 bridgehead atoms. The van der Waals surface area contributed by atoms with E-state index in [4.69, 9.17) is 0 Å². The molecular formula is C12H18BrNS. The molecule has 1 aliphatic rings. The van der Waals surface area contributed by atoms with Gasteiger partial charge in [0.25, 0.3) is 0 Å². The fourth-order valence-electron chi connectivity index (χ4n) is 1.85. The van der Waals surface area contributed by atoms with Crippen LogP contribution in [-0.4, -0.2) is 22.8 Å². The SMILES string of the molecule is CC(CBr)CN(Cc1ccsc1)C1CC1. The minimum Gasteiger partial charge on any atom is -0.296 e. The molecule has 0 aromatic carbocycles. The minimum absolute atomic E-state index is 0.754. The van der Waals surface area contributed by atoms with Crippen LogP contribution in [0.5, 0.6) is 0 Å². The maximum absolute atomic E-state index is 3.57. The molecule has 0 amide bonds. The van der Waals surface area contributed by atoms with Gasteiger partial charge in [-0.25, -0.2) is 0 Å². The first kappa shape index (κ1) is 11.6. The maximum Gasteiger partial charge on any atom is 0.0245 e. The van der Waals surface area contributed by atoms with Crippen LogP contribution in [0.2, 0.25) is 0 Å². The van der Waals surface area contributed by atoms with Gasteiger partial charge in [-0.05, 0) is 41.1 Å². The zero-order valence-electron chi connectivity index (χ0n) is 9.16. The van der Waals surface area contributed by atoms with Crippen molar-refractivity contribution < 1.29 is 0 Å². The Balaban J connectivity index is 1.88. The fraction of sp³-hybridized carbons (Fsp3) is 0.667. The normalized spacial score (nSPS) is 18.3. The van der Waals surface area contributed by atoms with Gasteiger partial charge in [-0.2, -0.15) is 11.3 Å². The zero-order valence-corrected chi connectivity index (χ0v) is 11.6. The first-order valence-corrected chi connectivity index (χ1v) is 7.67. The van der Waals surface area contributed by atoms with Gasteiger partial charge < -0.3 is 0 Å². The largest absolute Gasteiger partial charge is 0.296 e. The lowest BCUT2D eigenvalue weighted by atomic mass is 10.2. The molecule has 0 aliphatic heterocycles. The third kappa shape index (κ3) is 3.58. The summed E-state index contributed by atoms with van der Waals surface area (Å²) >= 11 is 5.37. The molecule has 1 fully saturated rings. The van der Waals surface area contributed by atoms with Crippen molar-refractivity contribution in [1.82, 2.24) is 4.90 Å². The second kappa shape index (κ2) is 5.46. The maximum atomic E-state index is 3.57. The number of hydrogen-bond acceptors (Lipinski definition) is 2. The lowest BCUT2D eigenvalue weighted by Gasteiger charge is -2.24. The summed E-state index contributed by atoms with van der Waals surface area (Å²) in [4.78, 5) is 2.65. The van der Waals surface area contributed by atoms with Crippen LogP contribution < -0.4 is 0 Å². The molecule has 1 saturated carbocycles. The molecular weight excluding hydrogens is 270 g/mol. The highest BCUT2D eigenvalue weighted by Gasteiger charge is 2.29. The Bertz CT molecular complexity index is 282. The van der Waals surface area contributed by atoms with E-state index >= 15 is 0 Å². The van der Waals surface area contributed by atoms with Gasteiger partial charge in [0, 0.05) is 24.5 Å². The Hall–Kier alpha value is 0.140. The van der Waals surface area contributed by atoms with E-state index in [0.29, 0.717) is 0 Å². The van der Waals surface area contributed by atoms with Crippen molar-refractivity contribution in [2.24, 2.45) is 5.92 Å². The number of halogens is 1. The molecule has 0 radical (unpaired) electrons. The molecule has 3 heteroatoms. The molecule has 1 nitrogen and oxygen atoms in total. The number of thiophene rings is 1. The molecule has 15 heavy (non-hydrogen) atoms. The molecule has 0 saturated heterocycles. The van der Waals surface area contributed by atoms with Crippen LogP contribution in [0.15, 0.2) is 16.8 Å². The molecule has 1 aromatic rings. The Morgan fingerprint density at radius 2 is 2.40 bits per heavy atom. The van der Waals surface area contributed by atoms with Crippen LogP contribution in [0.3, 0.4) is 0 Å². The van der Waals surface area contributed by atoms with E-state index in [0.717, 1.165) is 23.8 Å². The Labute approximate surface area is 105 Å². The third-order valence-corrected chi connectivity index (χ3v) is 4.68. The van der Waals surface area contributed by atoms with Crippen molar-refractivity contribution in [2.75, 3.05) is 11.9 Å². The summed E-state index contributed by atoms with van der Waals surface area (Å²) < 4.78 is 0. The number of rotatable bonds is 6. The van der Waals surface area contributed by atoms with E-state index in [1.165, 1.54) is 24.9 Å². The topological polar surface area (TPSA) is 3.24 Å². The lowest BCUT2D eigenvalue weighted by molar-refractivity contribution is 0.228. The smallest absolute Gasteiger partial charge is 0.0245 e. The van der Waals surface area contributed by atoms with Crippen molar-refractivity contribution in [3.63, 3.8) is 0 Å². The number of nitrogens with zero attached hydrogens (tertiary/aromatic N) is 1. The van der Waals surface area contributed by atoms with Gasteiger partial charge in [0.15, 0.2) is 0 Å². The van der Waals surface area contributed by atoms with E-state index in [1.54, 1.807) is 11.3 Å². The van der Waals surface area contributed by atoms with Crippen LogP contribution in [0.25, 0.3) is 0 Å². The first-order valence-electron chi connectivity index (χ1n) is 5.60. The van der Waals surface area contributed by atoms with Crippen molar-refractivity contribution in [2.45, 2.75) is 32.4 Å². The second-order valence-corrected chi connectivity index (χ2v) is 5.98. The summed E-state index contributed by atoms with van der Waals surface area (Å²) in [6.07, 6.45) is 2.80. The predicted octanol–water partition coefficient (Wildman–Crippen LogP) is 3.74. The van der Waals surface area contributed by atoms with Gasteiger partial charge in [-0.15, -0.1) is 0 Å². The average molecular weight is 288 g/mol. The average Bonchev–Trinajstić information content (AvgIpc) is 2.97. The predicted molar refractivity (Wildman–Crippen MR) is 70.7 cm³/mol. The lowest BCUT2D eigenvalue weighted by Crippen LogP contribution is -2.30. The number of hydrogen-bond donors (Lipinski definition) is 0. The van der Waals surface area contributed by atoms with Crippen LogP contribution in [0, 0.1) is 5.92 Å². The highest BCUT2D eigenvalue weighted by Crippen LogP contribution is 2.29. The first-order chi connectivity index (χ1) is 7.29. The molecule has 1 heterocycles. The van der Waals surface area contributed by atoms with Gasteiger partial charge in [-0.1, -0.05) is 22.9 Å². The molecule has 1 aromatic heterocycles. The van der Waals surface area contributed by atoms with E-state index in [9.17, 15) is 0 Å². The van der Waals surface area contributed by atoms with E-state index in [2.05, 4.69) is 44.6 Å². The van der Waals surface area contributed by atoms with Crippen molar-refractivity contribution in [1.29, 1.82) is 0 Å². The zero-order chi connectivity index (χ0) is 10.7. The minimum atomic E-state index is 0.754. The summed E-state index contributed by atoms with van der Waals surface area (Å²) in [6.45, 7) is 4.69. The summed E-state index contributed by atoms with van der Waals surface area (Å²) in [6, 6.07) is 3.12. The van der Waals surface area contributed by atoms with Gasteiger partial charge in [0.05, 0.1) is 0 Å². The van der Waals surface area contributed by atoms with Crippen LogP contribution >= 0.6 is 27.3 Å². The molecule has 1 aliphatic carbocycles. The Morgan fingerprint density at radius 1 is 1.60 bits per heavy atom. The standard InChI is InChI=1S/C12H18BrNS/c1-10(6-13)7-14(12-2-3-12)8-11-4-5-15-9-11/h4-5,9-10,12H,2-3,6-8H2,1H3. The molecule has 84 valence electrons. The summed E-state index contributed by atoms with van der Waals surface area (Å²) in [5, 5.41) is 5.56. The molecule has 1 atom stereocenters. The highest BCUT2D eigenvalue weighted by atomic mass is 79.9. The van der Waals surface area contributed by atoms with E-state index in [1.807, 2.05) is 0 Å². The van der Waals surface area contributed by atoms with E-state index < -0.39 is 0 Å². The second-order valence-electron chi connectivity index (χ2n) is 4.55. The summed E-state index contributed by atoms with van der Waals surface area (Å²) in [5.74, 6) is 0.754. The van der Waals surface area contributed by atoms with E-state index in [-0.39, 0.29) is 0 Å². The van der Waals surface area contributed by atoms with Crippen LogP contribution in [0.4, 0.5) is 0 Å². The van der Waals surface area contributed by atoms with Crippen LogP contribution in [0.1, 0.15) is 25.3 Å². The van der Waals surface area contributed by atoms with Gasteiger partial charge in [-0.3, -0.25) is 4.90 Å². The van der Waals surface area contributed by atoms with Gasteiger partial charge in [0.1, 0.15) is 0 Å². The van der Waals surface area contributed by atoms with Gasteiger partial charge in [0.2, 0.25) is 0 Å². The molecule has 1 unspecified atom stereocenters. The van der Waals surface area contributed by atoms with Crippen molar-refractivity contribution in [3.05, 3.63) is 22.4 Å². The van der Waals surface area contributed by atoms with Crippen molar-refractivity contribution >= 4 is 27.3 Å². The Morgan fingerprint density at radius 3 is 2.93 bits per heavy atom. The third-order valence-electron chi connectivity index (χ3n) is 2.84. The Kier molecular flexibility index (Phi) is 4.23. The van der Waals surface area contributed by atoms with Crippen molar-refractivity contribution in [3.8, 4) is 0 Å². The summed E-state index contributed by atoms with van der Waals surface area (Å²) in [7, 11) is 0. The fourth-order valence-corrected chi connectivity index (χ4v) is 2.71. The molecule has 2 rings (SSSR count). The van der Waals surface area contributed by atoms with Gasteiger partial charge >= 0.3 is 0 Å². The quantitative estimate of drug-likeness (QED) is 0.721. The molecule has 0 spiro atoms. The van der Waals surface area contributed by atoms with Crippen LogP contribution in [-0.2, 0) is 6.54 Å².